The zero-order chi connectivity index (χ0) is 19.6. The Hall–Kier alpha value is -2.76. The van der Waals surface area contributed by atoms with E-state index in [1.807, 2.05) is 37.4 Å². The fraction of sp³-hybridized carbons (Fsp3) is 0.286. The van der Waals surface area contributed by atoms with Gasteiger partial charge in [0.05, 0.1) is 24.1 Å². The number of aromatic nitrogens is 2. The van der Waals surface area contributed by atoms with Crippen molar-refractivity contribution in [2.45, 2.75) is 32.4 Å². The number of hydrogen-bond donors (Lipinski definition) is 0. The third kappa shape index (κ3) is 4.32. The largest absolute Gasteiger partial charge is 0.497 e. The number of hydrogen-bond acceptors (Lipinski definition) is 2. The second kappa shape index (κ2) is 7.47. The first-order valence-corrected chi connectivity index (χ1v) is 8.64. The summed E-state index contributed by atoms with van der Waals surface area (Å²) in [5.74, 6) is 1.04. The fourth-order valence-electron chi connectivity index (χ4n) is 3.12. The van der Waals surface area contributed by atoms with Gasteiger partial charge in [0.15, 0.2) is 0 Å². The van der Waals surface area contributed by atoms with E-state index in [0.717, 1.165) is 35.6 Å². The Kier molecular flexibility index (Phi) is 5.26. The van der Waals surface area contributed by atoms with Gasteiger partial charge in [-0.1, -0.05) is 19.1 Å². The quantitative estimate of drug-likeness (QED) is 0.585. The third-order valence-corrected chi connectivity index (χ3v) is 4.63. The average Bonchev–Trinajstić information content (AvgIpc) is 3.03. The van der Waals surface area contributed by atoms with E-state index >= 15 is 0 Å². The molecule has 3 rings (SSSR count). The van der Waals surface area contributed by atoms with Crippen molar-refractivity contribution in [1.29, 1.82) is 0 Å². The zero-order valence-corrected chi connectivity index (χ0v) is 15.4. The molecule has 0 N–H and O–H groups in total. The summed E-state index contributed by atoms with van der Waals surface area (Å²) in [6.45, 7) is 4.03. The van der Waals surface area contributed by atoms with Crippen LogP contribution in [-0.2, 0) is 12.6 Å². The molecule has 0 saturated carbocycles. The van der Waals surface area contributed by atoms with Gasteiger partial charge in [0, 0.05) is 6.20 Å². The Bertz CT molecular complexity index is 897. The van der Waals surface area contributed by atoms with Gasteiger partial charge in [0.25, 0.3) is 0 Å². The van der Waals surface area contributed by atoms with Crippen molar-refractivity contribution in [3.63, 3.8) is 0 Å². The van der Waals surface area contributed by atoms with Gasteiger partial charge in [0.1, 0.15) is 5.75 Å². The van der Waals surface area contributed by atoms with Gasteiger partial charge in [-0.05, 0) is 66.8 Å². The molecule has 0 spiro atoms. The Morgan fingerprint density at radius 3 is 2.22 bits per heavy atom. The molecule has 1 aromatic heterocycles. The van der Waals surface area contributed by atoms with Gasteiger partial charge in [-0.3, -0.25) is 0 Å². The van der Waals surface area contributed by atoms with E-state index in [1.165, 1.54) is 17.7 Å². The third-order valence-electron chi connectivity index (χ3n) is 4.63. The summed E-state index contributed by atoms with van der Waals surface area (Å²) in [6.07, 6.45) is -1.60. The van der Waals surface area contributed by atoms with E-state index in [4.69, 9.17) is 4.74 Å². The van der Waals surface area contributed by atoms with Crippen molar-refractivity contribution < 1.29 is 17.9 Å². The molecule has 0 unspecified atom stereocenters. The summed E-state index contributed by atoms with van der Waals surface area (Å²) in [6, 6.07) is 13.0. The maximum atomic E-state index is 12.7. The topological polar surface area (TPSA) is 27.1 Å². The predicted molar refractivity (Wildman–Crippen MR) is 98.4 cm³/mol. The highest BCUT2D eigenvalue weighted by atomic mass is 19.4. The van der Waals surface area contributed by atoms with Crippen LogP contribution >= 0.6 is 0 Å². The van der Waals surface area contributed by atoms with Gasteiger partial charge in [-0.2, -0.15) is 18.3 Å². The van der Waals surface area contributed by atoms with Crippen LogP contribution in [0.15, 0.2) is 54.7 Å². The highest BCUT2D eigenvalue weighted by molar-refractivity contribution is 5.37. The van der Waals surface area contributed by atoms with Crippen molar-refractivity contribution in [2.24, 2.45) is 0 Å². The SMILES string of the molecule is COc1ccc(C[C@H](C)c2cn(-c3ccc(C(F)(F)F)cc3)nc2C)cc1. The highest BCUT2D eigenvalue weighted by Crippen LogP contribution is 2.30. The van der Waals surface area contributed by atoms with E-state index in [-0.39, 0.29) is 5.92 Å². The molecular formula is C21H21F3N2O. The molecule has 0 bridgehead atoms. The van der Waals surface area contributed by atoms with Crippen molar-refractivity contribution in [3.05, 3.63) is 77.1 Å². The molecule has 27 heavy (non-hydrogen) atoms. The highest BCUT2D eigenvalue weighted by Gasteiger charge is 2.30. The summed E-state index contributed by atoms with van der Waals surface area (Å²) in [5.41, 5.74) is 3.07. The molecule has 1 atom stereocenters. The number of benzene rings is 2. The van der Waals surface area contributed by atoms with Crippen LogP contribution < -0.4 is 4.74 Å². The lowest BCUT2D eigenvalue weighted by atomic mass is 9.94. The van der Waals surface area contributed by atoms with Crippen LogP contribution in [0.5, 0.6) is 5.75 Å². The van der Waals surface area contributed by atoms with Crippen molar-refractivity contribution in [3.8, 4) is 11.4 Å². The van der Waals surface area contributed by atoms with Gasteiger partial charge >= 0.3 is 6.18 Å². The maximum absolute atomic E-state index is 12.7. The average molecular weight is 374 g/mol. The summed E-state index contributed by atoms with van der Waals surface area (Å²) in [4.78, 5) is 0. The Morgan fingerprint density at radius 2 is 1.67 bits per heavy atom. The molecule has 0 saturated heterocycles. The van der Waals surface area contributed by atoms with Crippen LogP contribution in [0.3, 0.4) is 0 Å². The summed E-state index contributed by atoms with van der Waals surface area (Å²) in [7, 11) is 1.64. The lowest BCUT2D eigenvalue weighted by Gasteiger charge is -2.11. The van der Waals surface area contributed by atoms with Crippen LogP contribution in [0.25, 0.3) is 5.69 Å². The second-order valence-electron chi connectivity index (χ2n) is 6.61. The lowest BCUT2D eigenvalue weighted by molar-refractivity contribution is -0.137. The number of alkyl halides is 3. The molecule has 0 aliphatic rings. The van der Waals surface area contributed by atoms with Crippen LogP contribution in [0, 0.1) is 6.92 Å². The fourth-order valence-corrected chi connectivity index (χ4v) is 3.12. The van der Waals surface area contributed by atoms with E-state index in [1.54, 1.807) is 11.8 Å². The minimum atomic E-state index is -4.34. The molecule has 2 aromatic carbocycles. The standard InChI is InChI=1S/C21H21F3N2O/c1-14(12-16-4-10-19(27-3)11-5-16)20-13-26(25-15(20)2)18-8-6-17(7-9-18)21(22,23)24/h4-11,13-14H,12H2,1-3H3/t14-/m0/s1. The first kappa shape index (κ1) is 19.0. The molecule has 1 heterocycles. The molecular weight excluding hydrogens is 353 g/mol. The van der Waals surface area contributed by atoms with Crippen LogP contribution in [0.2, 0.25) is 0 Å². The molecule has 3 nitrogen and oxygen atoms in total. The van der Waals surface area contributed by atoms with Gasteiger partial charge in [-0.15, -0.1) is 0 Å². The first-order valence-electron chi connectivity index (χ1n) is 8.64. The number of methoxy groups -OCH3 is 1. The van der Waals surface area contributed by atoms with Gasteiger partial charge < -0.3 is 4.74 Å². The predicted octanol–water partition coefficient (Wildman–Crippen LogP) is 5.55. The Balaban J connectivity index is 1.78. The maximum Gasteiger partial charge on any atom is 0.416 e. The minimum absolute atomic E-state index is 0.224. The number of aryl methyl sites for hydroxylation is 1. The lowest BCUT2D eigenvalue weighted by Crippen LogP contribution is -2.05. The number of nitrogens with zero attached hydrogens (tertiary/aromatic N) is 2. The van der Waals surface area contributed by atoms with Crippen molar-refractivity contribution >= 4 is 0 Å². The van der Waals surface area contributed by atoms with Gasteiger partial charge in [-0.25, -0.2) is 4.68 Å². The summed E-state index contributed by atoms with van der Waals surface area (Å²) in [5, 5.41) is 4.48. The van der Waals surface area contributed by atoms with Crippen molar-refractivity contribution in [2.75, 3.05) is 7.11 Å². The molecule has 0 radical (unpaired) electrons. The Morgan fingerprint density at radius 1 is 1.04 bits per heavy atom. The molecule has 6 heteroatoms. The van der Waals surface area contributed by atoms with Crippen LogP contribution in [0.4, 0.5) is 13.2 Å². The van der Waals surface area contributed by atoms with Crippen LogP contribution in [-0.4, -0.2) is 16.9 Å². The monoisotopic (exact) mass is 374 g/mol. The first-order chi connectivity index (χ1) is 12.8. The molecule has 142 valence electrons. The van der Waals surface area contributed by atoms with Crippen LogP contribution in [0.1, 0.15) is 35.2 Å². The normalized spacial score (nSPS) is 12.8. The van der Waals surface area contributed by atoms with Gasteiger partial charge in [0.2, 0.25) is 0 Å². The smallest absolute Gasteiger partial charge is 0.416 e. The minimum Gasteiger partial charge on any atom is -0.497 e. The van der Waals surface area contributed by atoms with E-state index in [0.29, 0.717) is 5.69 Å². The molecule has 3 aromatic rings. The van der Waals surface area contributed by atoms with E-state index in [2.05, 4.69) is 12.0 Å². The molecule has 0 aliphatic heterocycles. The summed E-state index contributed by atoms with van der Waals surface area (Å²) < 4.78 is 45.0. The second-order valence-corrected chi connectivity index (χ2v) is 6.61. The number of rotatable bonds is 5. The molecule has 0 amide bonds. The van der Waals surface area contributed by atoms with E-state index in [9.17, 15) is 13.2 Å². The number of halogens is 3. The Labute approximate surface area is 156 Å². The van der Waals surface area contributed by atoms with E-state index < -0.39 is 11.7 Å². The summed E-state index contributed by atoms with van der Waals surface area (Å²) >= 11 is 0. The zero-order valence-electron chi connectivity index (χ0n) is 15.4. The molecule has 0 aliphatic carbocycles. The number of ether oxygens (including phenoxy) is 1. The molecule has 0 fully saturated rings. The van der Waals surface area contributed by atoms with Crippen molar-refractivity contribution in [1.82, 2.24) is 9.78 Å².